The summed E-state index contributed by atoms with van der Waals surface area (Å²) in [5, 5.41) is 16.2. The van der Waals surface area contributed by atoms with E-state index in [0.29, 0.717) is 6.08 Å². The van der Waals surface area contributed by atoms with Crippen LogP contribution in [0.25, 0.3) is 0 Å². The quantitative estimate of drug-likeness (QED) is 0.349. The van der Waals surface area contributed by atoms with E-state index in [-0.39, 0.29) is 0 Å². The van der Waals surface area contributed by atoms with Crippen LogP contribution >= 0.6 is 7.80 Å². The van der Waals surface area contributed by atoms with Crippen LogP contribution in [0.5, 0.6) is 0 Å². The van der Waals surface area contributed by atoms with E-state index in [0.717, 1.165) is 5.82 Å². The number of aliphatic carboxylic acids is 1. The van der Waals surface area contributed by atoms with Crippen molar-refractivity contribution in [3.05, 3.63) is 11.9 Å². The molecule has 0 amide bonds. The number of ketones is 1. The summed E-state index contributed by atoms with van der Waals surface area (Å²) in [7, 11) is -2.32. The Morgan fingerprint density at radius 1 is 1.45 bits per heavy atom. The van der Waals surface area contributed by atoms with Gasteiger partial charge in [0.1, 0.15) is 7.80 Å². The normalized spacial score (nSPS) is 13.2. The summed E-state index contributed by atoms with van der Waals surface area (Å²) in [6, 6.07) is 0. The number of aliphatic hydroxyl groups excluding tert-OH is 1. The van der Waals surface area contributed by atoms with Gasteiger partial charge in [0.2, 0.25) is 0 Å². The van der Waals surface area contributed by atoms with Crippen molar-refractivity contribution in [3.63, 3.8) is 0 Å². The maximum atomic E-state index is 10.4. The fourth-order valence-corrected chi connectivity index (χ4v) is 0.735. The molecule has 0 rings (SSSR count). The van der Waals surface area contributed by atoms with E-state index in [4.69, 9.17) is 10.2 Å². The van der Waals surface area contributed by atoms with Crippen LogP contribution < -0.4 is 0 Å². The predicted octanol–water partition coefficient (Wildman–Crippen LogP) is -0.337. The predicted molar refractivity (Wildman–Crippen MR) is 37.9 cm³/mol. The average molecular weight is 178 g/mol. The first-order chi connectivity index (χ1) is 5.07. The van der Waals surface area contributed by atoms with Gasteiger partial charge in [-0.1, -0.05) is 0 Å². The first kappa shape index (κ1) is 10.1. The van der Waals surface area contributed by atoms with Gasteiger partial charge < -0.3 is 14.8 Å². The highest BCUT2D eigenvalue weighted by Crippen LogP contribution is 2.18. The number of aliphatic hydroxyl groups is 1. The molecule has 6 heteroatoms. The summed E-state index contributed by atoms with van der Waals surface area (Å²) in [6.07, 6.45) is 0.133. The second kappa shape index (κ2) is 4.82. The zero-order chi connectivity index (χ0) is 8.85. The van der Waals surface area contributed by atoms with Crippen molar-refractivity contribution in [1.29, 1.82) is 0 Å². The van der Waals surface area contributed by atoms with Crippen molar-refractivity contribution in [2.75, 3.05) is 6.35 Å². The summed E-state index contributed by atoms with van der Waals surface area (Å²) in [6.45, 7) is 0. The minimum absolute atomic E-state index is 0.548. The van der Waals surface area contributed by atoms with Crippen LogP contribution in [0, 0.1) is 0 Å². The van der Waals surface area contributed by atoms with Crippen molar-refractivity contribution >= 4 is 19.6 Å². The van der Waals surface area contributed by atoms with Gasteiger partial charge >= 0.3 is 5.97 Å². The van der Waals surface area contributed by atoms with E-state index < -0.39 is 25.9 Å². The first-order valence-electron chi connectivity index (χ1n) is 2.67. The molecule has 0 saturated carbocycles. The lowest BCUT2D eigenvalue weighted by Crippen LogP contribution is -2.08. The molecular formula is C5H7O5P. The fourth-order valence-electron chi connectivity index (χ4n) is 0.293. The van der Waals surface area contributed by atoms with E-state index in [1.807, 2.05) is 0 Å². The lowest BCUT2D eigenvalue weighted by molar-refractivity contribution is -0.146. The number of carboxylic acid groups (broad SMARTS) is 1. The van der Waals surface area contributed by atoms with Crippen LogP contribution in [0.4, 0.5) is 0 Å². The molecular weight excluding hydrogens is 171 g/mol. The zero-order valence-electron chi connectivity index (χ0n) is 5.48. The minimum Gasteiger partial charge on any atom is -0.475 e. The lowest BCUT2D eigenvalue weighted by atomic mass is 10.4. The topological polar surface area (TPSA) is 91.7 Å². The number of carbonyl (C=O) groups excluding carboxylic acids is 1. The van der Waals surface area contributed by atoms with Crippen LogP contribution in [0.15, 0.2) is 11.9 Å². The van der Waals surface area contributed by atoms with Crippen LogP contribution in [0.3, 0.4) is 0 Å². The Hall–Kier alpha value is -0.930. The Balaban J connectivity index is 4.04. The van der Waals surface area contributed by atoms with Gasteiger partial charge in [-0.15, -0.1) is 0 Å². The molecule has 0 aromatic rings. The van der Waals surface area contributed by atoms with E-state index in [1.165, 1.54) is 0 Å². The lowest BCUT2D eigenvalue weighted by Gasteiger charge is -1.85. The van der Waals surface area contributed by atoms with Gasteiger partial charge in [-0.25, -0.2) is 4.79 Å². The molecule has 1 unspecified atom stereocenters. The van der Waals surface area contributed by atoms with Gasteiger partial charge in [-0.3, -0.25) is 4.79 Å². The van der Waals surface area contributed by atoms with Gasteiger partial charge in [-0.05, 0) is 11.9 Å². The molecule has 0 aliphatic rings. The Morgan fingerprint density at radius 2 is 2.00 bits per heavy atom. The van der Waals surface area contributed by atoms with Gasteiger partial charge in [0, 0.05) is 0 Å². The van der Waals surface area contributed by atoms with E-state index >= 15 is 0 Å². The molecule has 0 bridgehead atoms. The summed E-state index contributed by atoms with van der Waals surface area (Å²) < 4.78 is 10.4. The molecule has 2 N–H and O–H groups in total. The van der Waals surface area contributed by atoms with Crippen molar-refractivity contribution in [2.24, 2.45) is 0 Å². The SMILES string of the molecule is O=C(O)C(=O)C=C[PH](=O)CO. The number of hydrogen-bond acceptors (Lipinski definition) is 4. The van der Waals surface area contributed by atoms with Crippen molar-refractivity contribution < 1.29 is 24.4 Å². The maximum absolute atomic E-state index is 10.4. The Labute approximate surface area is 63.1 Å². The van der Waals surface area contributed by atoms with Crippen molar-refractivity contribution in [2.45, 2.75) is 0 Å². The standard InChI is InChI=1S/C5H7O5P/c6-3-11(10)2-1-4(7)5(8)9/h1-2,6,11H,3H2,(H,8,9). The molecule has 11 heavy (non-hydrogen) atoms. The molecule has 0 saturated heterocycles. The smallest absolute Gasteiger partial charge is 0.376 e. The highest BCUT2D eigenvalue weighted by atomic mass is 31.1. The maximum Gasteiger partial charge on any atom is 0.376 e. The highest BCUT2D eigenvalue weighted by molar-refractivity contribution is 7.47. The number of carbonyl (C=O) groups is 2. The summed E-state index contributed by atoms with van der Waals surface area (Å²) in [5.41, 5.74) is 0. The highest BCUT2D eigenvalue weighted by Gasteiger charge is 2.05. The molecule has 0 fully saturated rings. The van der Waals surface area contributed by atoms with Crippen molar-refractivity contribution in [3.8, 4) is 0 Å². The molecule has 0 aliphatic heterocycles. The van der Waals surface area contributed by atoms with Crippen LogP contribution in [0.2, 0.25) is 0 Å². The molecule has 5 nitrogen and oxygen atoms in total. The number of rotatable bonds is 4. The Morgan fingerprint density at radius 3 is 2.36 bits per heavy atom. The average Bonchev–Trinajstić information content (AvgIpc) is 1.99. The van der Waals surface area contributed by atoms with Crippen LogP contribution in [-0.4, -0.2) is 28.3 Å². The fraction of sp³-hybridized carbons (Fsp3) is 0.200. The second-order valence-corrected chi connectivity index (χ2v) is 3.21. The third-order valence-corrected chi connectivity index (χ3v) is 1.64. The second-order valence-electron chi connectivity index (χ2n) is 1.63. The van der Waals surface area contributed by atoms with Crippen LogP contribution in [-0.2, 0) is 14.2 Å². The van der Waals surface area contributed by atoms with E-state index in [9.17, 15) is 14.2 Å². The van der Waals surface area contributed by atoms with Crippen LogP contribution in [0.1, 0.15) is 0 Å². The molecule has 0 radical (unpaired) electrons. The van der Waals surface area contributed by atoms with Crippen molar-refractivity contribution in [1.82, 2.24) is 0 Å². The molecule has 0 heterocycles. The van der Waals surface area contributed by atoms with E-state index in [1.54, 1.807) is 0 Å². The molecule has 0 spiro atoms. The largest absolute Gasteiger partial charge is 0.475 e. The van der Waals surface area contributed by atoms with E-state index in [2.05, 4.69) is 0 Å². The molecule has 0 aromatic heterocycles. The monoisotopic (exact) mass is 178 g/mol. The summed E-state index contributed by atoms with van der Waals surface area (Å²) in [5.74, 6) is -1.84. The molecule has 0 aliphatic carbocycles. The van der Waals surface area contributed by atoms with Gasteiger partial charge in [-0.2, -0.15) is 0 Å². The van der Waals surface area contributed by atoms with Gasteiger partial charge in [0.05, 0.1) is 6.35 Å². The Bertz CT molecular complexity index is 219. The number of hydrogen-bond donors (Lipinski definition) is 2. The van der Waals surface area contributed by atoms with Gasteiger partial charge in [0.25, 0.3) is 5.78 Å². The summed E-state index contributed by atoms with van der Waals surface area (Å²) >= 11 is 0. The van der Waals surface area contributed by atoms with Gasteiger partial charge in [0.15, 0.2) is 0 Å². The zero-order valence-corrected chi connectivity index (χ0v) is 6.48. The number of carboxylic acids is 1. The molecule has 1 atom stereocenters. The third kappa shape index (κ3) is 4.47. The molecule has 62 valence electrons. The minimum atomic E-state index is -2.32. The third-order valence-electron chi connectivity index (χ3n) is 0.787. The summed E-state index contributed by atoms with van der Waals surface area (Å²) in [4.78, 5) is 20.1. The Kier molecular flexibility index (Phi) is 4.41. The first-order valence-corrected chi connectivity index (χ1v) is 4.36. The molecule has 0 aromatic carbocycles.